The van der Waals surface area contributed by atoms with Gasteiger partial charge in [-0.05, 0) is 31.9 Å². The highest BCUT2D eigenvalue weighted by Gasteiger charge is 2.58. The van der Waals surface area contributed by atoms with Gasteiger partial charge in [-0.1, -0.05) is 17.7 Å². The number of halogens is 2. The first kappa shape index (κ1) is 13.3. The van der Waals surface area contributed by atoms with E-state index in [1.807, 2.05) is 0 Å². The van der Waals surface area contributed by atoms with Crippen LogP contribution >= 0.6 is 11.6 Å². The Balaban J connectivity index is 2.46. The number of benzene rings is 1. The molecule has 18 heavy (non-hydrogen) atoms. The molecule has 0 bridgehead atoms. The Hall–Kier alpha value is -1.13. The summed E-state index contributed by atoms with van der Waals surface area (Å²) in [5.41, 5.74) is -1.85. The quantitative estimate of drug-likeness (QED) is 0.841. The molecule has 1 fully saturated rings. The zero-order valence-electron chi connectivity index (χ0n) is 10.2. The van der Waals surface area contributed by atoms with Crippen molar-refractivity contribution >= 4 is 17.6 Å². The van der Waals surface area contributed by atoms with Crippen molar-refractivity contribution in [2.75, 3.05) is 7.11 Å². The van der Waals surface area contributed by atoms with Crippen LogP contribution in [0.15, 0.2) is 18.2 Å². The van der Waals surface area contributed by atoms with E-state index in [2.05, 4.69) is 0 Å². The van der Waals surface area contributed by atoms with Crippen LogP contribution in [-0.2, 0) is 14.9 Å². The highest BCUT2D eigenvalue weighted by Crippen LogP contribution is 2.51. The second-order valence-corrected chi connectivity index (χ2v) is 5.48. The van der Waals surface area contributed by atoms with E-state index in [4.69, 9.17) is 16.3 Å². The lowest BCUT2D eigenvalue weighted by molar-refractivity contribution is -0.166. The number of carbonyl (C=O) groups is 1. The molecule has 98 valence electrons. The molecule has 2 rings (SSSR count). The number of esters is 1. The number of carbonyl (C=O) groups excluding carboxylic acids is 1. The molecule has 0 radical (unpaired) electrons. The predicted octanol–water partition coefficient (Wildman–Crippen LogP) is 2.43. The summed E-state index contributed by atoms with van der Waals surface area (Å²) in [5, 5.41) is 10.1. The molecule has 0 unspecified atom stereocenters. The van der Waals surface area contributed by atoms with Crippen LogP contribution in [-0.4, -0.2) is 23.8 Å². The van der Waals surface area contributed by atoms with Gasteiger partial charge in [-0.2, -0.15) is 0 Å². The van der Waals surface area contributed by atoms with Crippen LogP contribution in [0.2, 0.25) is 5.02 Å². The third-order valence-corrected chi connectivity index (χ3v) is 3.62. The Morgan fingerprint density at radius 1 is 1.50 bits per heavy atom. The summed E-state index contributed by atoms with van der Waals surface area (Å²) in [6, 6.07) is 4.16. The van der Waals surface area contributed by atoms with Gasteiger partial charge in [0.1, 0.15) is 11.2 Å². The van der Waals surface area contributed by atoms with E-state index in [9.17, 15) is 14.3 Å². The minimum Gasteiger partial charge on any atom is -0.468 e. The number of hydrogen-bond donors (Lipinski definition) is 1. The van der Waals surface area contributed by atoms with Crippen molar-refractivity contribution in [3.05, 3.63) is 34.6 Å². The van der Waals surface area contributed by atoms with Crippen molar-refractivity contribution < 1.29 is 19.0 Å². The molecule has 0 aliphatic heterocycles. The zero-order valence-corrected chi connectivity index (χ0v) is 10.9. The summed E-state index contributed by atoms with van der Waals surface area (Å²) >= 11 is 5.69. The minimum absolute atomic E-state index is 0.144. The van der Waals surface area contributed by atoms with Crippen molar-refractivity contribution in [1.29, 1.82) is 0 Å². The lowest BCUT2D eigenvalue weighted by atomic mass is 9.56. The lowest BCUT2D eigenvalue weighted by Crippen LogP contribution is -2.58. The van der Waals surface area contributed by atoms with Crippen molar-refractivity contribution in [3.8, 4) is 0 Å². The summed E-state index contributed by atoms with van der Waals surface area (Å²) in [6.45, 7) is 1.61. The Morgan fingerprint density at radius 2 is 2.11 bits per heavy atom. The van der Waals surface area contributed by atoms with Crippen LogP contribution in [0.5, 0.6) is 0 Å². The van der Waals surface area contributed by atoms with Crippen LogP contribution in [0.4, 0.5) is 4.39 Å². The molecule has 1 aliphatic rings. The number of rotatable bonds is 2. The molecule has 5 heteroatoms. The predicted molar refractivity (Wildman–Crippen MR) is 65.0 cm³/mol. The maximum Gasteiger partial charge on any atom is 0.316 e. The van der Waals surface area contributed by atoms with Gasteiger partial charge in [-0.15, -0.1) is 0 Å². The van der Waals surface area contributed by atoms with Crippen molar-refractivity contribution in [2.45, 2.75) is 30.8 Å². The molecule has 1 saturated carbocycles. The van der Waals surface area contributed by atoms with E-state index >= 15 is 0 Å². The highest BCUT2D eigenvalue weighted by atomic mass is 35.5. The topological polar surface area (TPSA) is 46.5 Å². The molecule has 0 aromatic heterocycles. The summed E-state index contributed by atoms with van der Waals surface area (Å²) in [5.74, 6) is -1.08. The maximum absolute atomic E-state index is 13.9. The average Bonchev–Trinajstić information content (AvgIpc) is 2.24. The lowest BCUT2D eigenvalue weighted by Gasteiger charge is -2.49. The van der Waals surface area contributed by atoms with Gasteiger partial charge < -0.3 is 9.84 Å². The summed E-state index contributed by atoms with van der Waals surface area (Å²) in [6.07, 6.45) is 0.288. The standard InChI is InChI=1S/C13H14ClFO3/c1-12(17)6-13(7-12,11(16)18-2)9-4-3-8(14)5-10(9)15/h3-5,17H,6-7H2,1-2H3. The third-order valence-electron chi connectivity index (χ3n) is 3.39. The van der Waals surface area contributed by atoms with Crippen LogP contribution < -0.4 is 0 Å². The first-order chi connectivity index (χ1) is 8.31. The van der Waals surface area contributed by atoms with E-state index in [1.165, 1.54) is 19.2 Å². The van der Waals surface area contributed by atoms with E-state index in [1.54, 1.807) is 6.92 Å². The van der Waals surface area contributed by atoms with Crippen molar-refractivity contribution in [2.24, 2.45) is 0 Å². The van der Waals surface area contributed by atoms with Gasteiger partial charge in [0.05, 0.1) is 12.7 Å². The SMILES string of the molecule is COC(=O)C1(c2ccc(Cl)cc2F)CC(C)(O)C1. The maximum atomic E-state index is 13.9. The second-order valence-electron chi connectivity index (χ2n) is 5.05. The van der Waals surface area contributed by atoms with Gasteiger partial charge in [0.2, 0.25) is 0 Å². The number of hydrogen-bond acceptors (Lipinski definition) is 3. The van der Waals surface area contributed by atoms with Crippen LogP contribution in [0.25, 0.3) is 0 Å². The number of methoxy groups -OCH3 is 1. The molecular weight excluding hydrogens is 259 g/mol. The number of aliphatic hydroxyl groups is 1. The molecule has 0 atom stereocenters. The van der Waals surface area contributed by atoms with Gasteiger partial charge >= 0.3 is 5.97 Å². The molecule has 0 amide bonds. The van der Waals surface area contributed by atoms with Crippen LogP contribution in [0, 0.1) is 5.82 Å². The fourth-order valence-corrected chi connectivity index (χ4v) is 2.92. The molecule has 1 aromatic rings. The molecular formula is C13H14ClFO3. The third kappa shape index (κ3) is 1.99. The second kappa shape index (κ2) is 4.21. The Bertz CT molecular complexity index is 491. The average molecular weight is 273 g/mol. The smallest absolute Gasteiger partial charge is 0.316 e. The van der Waals surface area contributed by atoms with E-state index in [-0.39, 0.29) is 23.4 Å². The van der Waals surface area contributed by atoms with E-state index < -0.39 is 22.8 Å². The molecule has 1 aromatic carbocycles. The van der Waals surface area contributed by atoms with E-state index in [0.717, 1.165) is 6.07 Å². The summed E-state index contributed by atoms with van der Waals surface area (Å²) in [7, 11) is 1.25. The van der Waals surface area contributed by atoms with Gasteiger partial charge in [-0.25, -0.2) is 4.39 Å². The van der Waals surface area contributed by atoms with Gasteiger partial charge in [-0.3, -0.25) is 4.79 Å². The molecule has 3 nitrogen and oxygen atoms in total. The first-order valence-electron chi connectivity index (χ1n) is 5.57. The molecule has 0 spiro atoms. The normalized spacial score (nSPS) is 30.7. The van der Waals surface area contributed by atoms with E-state index in [0.29, 0.717) is 0 Å². The molecule has 1 aliphatic carbocycles. The van der Waals surface area contributed by atoms with Crippen LogP contribution in [0.1, 0.15) is 25.3 Å². The fraction of sp³-hybridized carbons (Fsp3) is 0.462. The van der Waals surface area contributed by atoms with Gasteiger partial charge in [0.25, 0.3) is 0 Å². The summed E-state index contributed by atoms with van der Waals surface area (Å²) in [4.78, 5) is 11.9. The Morgan fingerprint density at radius 3 is 2.56 bits per heavy atom. The minimum atomic E-state index is -1.10. The molecule has 0 heterocycles. The number of ether oxygens (including phenoxy) is 1. The van der Waals surface area contributed by atoms with Crippen LogP contribution in [0.3, 0.4) is 0 Å². The summed E-state index contributed by atoms with van der Waals surface area (Å²) < 4.78 is 18.7. The molecule has 0 saturated heterocycles. The zero-order chi connectivity index (χ0) is 13.6. The Kier molecular flexibility index (Phi) is 3.11. The van der Waals surface area contributed by atoms with Crippen molar-refractivity contribution in [3.63, 3.8) is 0 Å². The first-order valence-corrected chi connectivity index (χ1v) is 5.95. The Labute approximate surface area is 110 Å². The van der Waals surface area contributed by atoms with Gasteiger partial charge in [0, 0.05) is 10.6 Å². The monoisotopic (exact) mass is 272 g/mol. The van der Waals surface area contributed by atoms with Gasteiger partial charge in [0.15, 0.2) is 0 Å². The molecule has 1 N–H and O–H groups in total. The fourth-order valence-electron chi connectivity index (χ4n) is 2.77. The van der Waals surface area contributed by atoms with Crippen molar-refractivity contribution in [1.82, 2.24) is 0 Å². The highest BCUT2D eigenvalue weighted by molar-refractivity contribution is 6.30. The largest absolute Gasteiger partial charge is 0.468 e.